The highest BCUT2D eigenvalue weighted by atomic mass is 16.5. The Balaban J connectivity index is 0. The predicted molar refractivity (Wildman–Crippen MR) is 187 cm³/mol. The molecule has 0 heterocycles. The number of carboxylic acids is 2. The molecule has 0 aliphatic heterocycles. The molecule has 2 rings (SSSR count). The van der Waals surface area contributed by atoms with E-state index in [0.717, 1.165) is 32.1 Å². The second-order valence-corrected chi connectivity index (χ2v) is 11.2. The largest absolute Gasteiger partial charge is 0.508 e. The Kier molecular flexibility index (Phi) is 26.4. The molecule has 9 heteroatoms. The van der Waals surface area contributed by atoms with Crippen LogP contribution < -0.4 is 0 Å². The van der Waals surface area contributed by atoms with E-state index in [4.69, 9.17) is 20.1 Å². The van der Waals surface area contributed by atoms with Gasteiger partial charge >= 0.3 is 17.9 Å². The van der Waals surface area contributed by atoms with Gasteiger partial charge in [-0.25, -0.2) is 9.59 Å². The first-order chi connectivity index (χ1) is 22.1. The molecule has 9 nitrogen and oxygen atoms in total. The second-order valence-electron chi connectivity index (χ2n) is 11.2. The highest BCUT2D eigenvalue weighted by Gasteiger charge is 2.13. The molecule has 1 aliphatic rings. The smallest absolute Gasteiger partial charge is 0.372 e. The van der Waals surface area contributed by atoms with E-state index in [1.165, 1.54) is 41.3 Å². The third kappa shape index (κ3) is 28.7. The van der Waals surface area contributed by atoms with E-state index in [1.807, 2.05) is 18.2 Å². The van der Waals surface area contributed by atoms with Gasteiger partial charge in [0.15, 0.2) is 0 Å². The van der Waals surface area contributed by atoms with E-state index in [2.05, 4.69) is 53.7 Å². The number of phenols is 1. The van der Waals surface area contributed by atoms with E-state index in [9.17, 15) is 24.3 Å². The minimum absolute atomic E-state index is 0.0582. The number of carboxylic acid groups (broad SMARTS) is 2. The first-order valence-electron chi connectivity index (χ1n) is 15.5. The van der Waals surface area contributed by atoms with Gasteiger partial charge in [-0.1, -0.05) is 76.9 Å². The number of ketones is 1. The zero-order chi connectivity index (χ0) is 36.2. The number of hydrogen-bond acceptors (Lipinski definition) is 7. The van der Waals surface area contributed by atoms with Crippen LogP contribution in [0.25, 0.3) is 0 Å². The molecule has 0 aromatic heterocycles. The zero-order valence-electron chi connectivity index (χ0n) is 29.0. The van der Waals surface area contributed by atoms with Crippen molar-refractivity contribution >= 4 is 23.7 Å². The number of carbonyl (C=O) groups excluding carboxylic acids is 2. The number of aliphatic carboxylic acids is 2. The zero-order valence-corrected chi connectivity index (χ0v) is 29.0. The lowest BCUT2D eigenvalue weighted by molar-refractivity contribution is -0.148. The summed E-state index contributed by atoms with van der Waals surface area (Å²) in [6, 6.07) is 6.15. The Hall–Kier alpha value is -4.50. The van der Waals surface area contributed by atoms with Gasteiger partial charge in [-0.2, -0.15) is 0 Å². The number of Topliss-reactive ketones (excluding diaryl/α,β-unsaturated/α-hetero) is 1. The normalized spacial score (nSPS) is 11.9. The number of aromatic hydroxyl groups is 1. The van der Waals surface area contributed by atoms with Gasteiger partial charge in [0.1, 0.15) is 12.4 Å². The van der Waals surface area contributed by atoms with Gasteiger partial charge in [0, 0.05) is 24.5 Å². The van der Waals surface area contributed by atoms with Crippen molar-refractivity contribution in [3.63, 3.8) is 0 Å². The maximum absolute atomic E-state index is 10.8. The topological polar surface area (TPSA) is 158 Å². The Morgan fingerprint density at radius 2 is 1.36 bits per heavy atom. The summed E-state index contributed by atoms with van der Waals surface area (Å²) in [5.41, 5.74) is 6.08. The number of para-hydroxylation sites is 1. The molecule has 0 fully saturated rings. The standard InChI is InChI=1S/C12H20O2.C10H18O.C9H8O4.C7H8O2/c1-10(2)6-5-7-11(3)8-9-14-12(4)13;1-9(2)5-4-6-10(3)7-8-11;10-7-4-2-1-3-6(7)5-8(11)9(12)13;8-7(9)6-4-2-1-3-5-6/h6,8H,5,7,9H2,1-4H3;5,7,11H,4,6,8H2,1-3H3;1-4,10H,5H2,(H,12,13);1-2,4H,3,5H2,(H,8,9)/b11-8+;10-7+;;. The van der Waals surface area contributed by atoms with Gasteiger partial charge in [0.05, 0.1) is 6.61 Å². The van der Waals surface area contributed by atoms with Crippen LogP contribution in [0, 0.1) is 0 Å². The van der Waals surface area contributed by atoms with Crippen molar-refractivity contribution in [3.8, 4) is 5.75 Å². The fourth-order valence-electron chi connectivity index (χ4n) is 3.53. The molecule has 0 radical (unpaired) electrons. The lowest BCUT2D eigenvalue weighted by Gasteiger charge is -2.00. The van der Waals surface area contributed by atoms with Crippen LogP contribution in [0.15, 0.2) is 94.7 Å². The Labute approximate surface area is 280 Å². The minimum atomic E-state index is -1.48. The van der Waals surface area contributed by atoms with Crippen LogP contribution in [0.1, 0.15) is 92.6 Å². The highest BCUT2D eigenvalue weighted by Crippen LogP contribution is 2.16. The SMILES string of the molecule is CC(=O)OC/C=C(\C)CCC=C(C)C.CC(C)=CCC/C(C)=C/CO.O=C(O)C(=O)Cc1ccccc1O.O=C(O)C1=CC=CCC1. The Morgan fingerprint density at radius 3 is 1.77 bits per heavy atom. The molecule has 47 heavy (non-hydrogen) atoms. The molecule has 1 aliphatic carbocycles. The maximum Gasteiger partial charge on any atom is 0.372 e. The van der Waals surface area contributed by atoms with E-state index < -0.39 is 17.7 Å². The molecule has 260 valence electrons. The highest BCUT2D eigenvalue weighted by molar-refractivity contribution is 6.33. The number of benzene rings is 1. The lowest BCUT2D eigenvalue weighted by atomic mass is 10.1. The van der Waals surface area contributed by atoms with Crippen molar-refractivity contribution in [1.29, 1.82) is 0 Å². The fraction of sp³-hybridized carbons (Fsp3) is 0.421. The van der Waals surface area contributed by atoms with Gasteiger partial charge < -0.3 is 25.2 Å². The van der Waals surface area contributed by atoms with Crippen LogP contribution in [0.3, 0.4) is 0 Å². The van der Waals surface area contributed by atoms with Gasteiger partial charge in [-0.3, -0.25) is 9.59 Å². The third-order valence-corrected chi connectivity index (χ3v) is 6.21. The minimum Gasteiger partial charge on any atom is -0.508 e. The van der Waals surface area contributed by atoms with E-state index in [1.54, 1.807) is 24.3 Å². The number of esters is 1. The van der Waals surface area contributed by atoms with Crippen LogP contribution in [0.4, 0.5) is 0 Å². The number of carbonyl (C=O) groups is 4. The molecule has 0 saturated carbocycles. The summed E-state index contributed by atoms with van der Waals surface area (Å²) in [7, 11) is 0. The van der Waals surface area contributed by atoms with Crippen molar-refractivity contribution in [2.45, 2.75) is 93.4 Å². The molecular weight excluding hydrogens is 600 g/mol. The second kappa shape index (κ2) is 27.8. The maximum atomic E-state index is 10.8. The molecule has 4 N–H and O–H groups in total. The average Bonchev–Trinajstić information content (AvgIpc) is 2.99. The number of ether oxygens (including phenoxy) is 1. The van der Waals surface area contributed by atoms with E-state index >= 15 is 0 Å². The molecule has 1 aromatic rings. The van der Waals surface area contributed by atoms with Crippen molar-refractivity contribution in [2.24, 2.45) is 0 Å². The quantitative estimate of drug-likeness (QED) is 0.0944. The van der Waals surface area contributed by atoms with Gasteiger partial charge in [-0.05, 0) is 92.2 Å². The third-order valence-electron chi connectivity index (χ3n) is 6.21. The lowest BCUT2D eigenvalue weighted by Crippen LogP contribution is -2.14. The molecule has 0 spiro atoms. The average molecular weight is 655 g/mol. The van der Waals surface area contributed by atoms with Crippen molar-refractivity contribution in [3.05, 3.63) is 100 Å². The number of allylic oxidation sites excluding steroid dienone is 9. The summed E-state index contributed by atoms with van der Waals surface area (Å²) in [6.45, 7) is 14.5. The predicted octanol–water partition coefficient (Wildman–Crippen LogP) is 7.85. The molecular formula is C38H54O9. The van der Waals surface area contributed by atoms with Crippen LogP contribution in [-0.2, 0) is 30.3 Å². The summed E-state index contributed by atoms with van der Waals surface area (Å²) in [5.74, 6) is -3.49. The van der Waals surface area contributed by atoms with Crippen molar-refractivity contribution < 1.29 is 44.3 Å². The van der Waals surface area contributed by atoms with Crippen molar-refractivity contribution in [1.82, 2.24) is 0 Å². The summed E-state index contributed by atoms with van der Waals surface area (Å²) < 4.78 is 4.81. The first-order valence-corrected chi connectivity index (χ1v) is 15.5. The van der Waals surface area contributed by atoms with E-state index in [-0.39, 0.29) is 24.7 Å². The summed E-state index contributed by atoms with van der Waals surface area (Å²) in [4.78, 5) is 41.7. The molecule has 0 atom stereocenters. The van der Waals surface area contributed by atoms with E-state index in [0.29, 0.717) is 24.2 Å². The molecule has 0 bridgehead atoms. The molecule has 0 unspecified atom stereocenters. The Morgan fingerprint density at radius 1 is 0.809 bits per heavy atom. The number of rotatable bonds is 13. The number of phenolic OH excluding ortho intramolecular Hbond substituents is 1. The number of aliphatic hydroxyl groups is 1. The number of hydrogen-bond donors (Lipinski definition) is 4. The van der Waals surface area contributed by atoms with Gasteiger partial charge in [-0.15, -0.1) is 0 Å². The number of aliphatic hydroxyl groups excluding tert-OH is 1. The molecule has 1 aromatic carbocycles. The molecule has 0 amide bonds. The molecule has 0 saturated heterocycles. The summed E-state index contributed by atoms with van der Waals surface area (Å²) >= 11 is 0. The van der Waals surface area contributed by atoms with Gasteiger partial charge in [0.25, 0.3) is 0 Å². The van der Waals surface area contributed by atoms with Gasteiger partial charge in [0.2, 0.25) is 5.78 Å². The monoisotopic (exact) mass is 654 g/mol. The van der Waals surface area contributed by atoms with Crippen LogP contribution in [0.2, 0.25) is 0 Å². The fourth-order valence-corrected chi connectivity index (χ4v) is 3.53. The van der Waals surface area contributed by atoms with Crippen LogP contribution >= 0.6 is 0 Å². The van der Waals surface area contributed by atoms with Crippen LogP contribution in [0.5, 0.6) is 5.75 Å². The summed E-state index contributed by atoms with van der Waals surface area (Å²) in [6.07, 6.45) is 19.1. The first kappa shape index (κ1) is 44.6. The summed E-state index contributed by atoms with van der Waals surface area (Å²) in [5, 5.41) is 34.5. The Bertz CT molecular complexity index is 1300. The van der Waals surface area contributed by atoms with Crippen LogP contribution in [-0.4, -0.2) is 57.3 Å². The van der Waals surface area contributed by atoms with Crippen molar-refractivity contribution in [2.75, 3.05) is 13.2 Å².